The van der Waals surface area contributed by atoms with Crippen molar-refractivity contribution in [2.24, 2.45) is 0 Å². The fraction of sp³-hybridized carbons (Fsp3) is 0.450. The van der Waals surface area contributed by atoms with Gasteiger partial charge in [0, 0.05) is 13.1 Å². The van der Waals surface area contributed by atoms with Gasteiger partial charge in [-0.25, -0.2) is 4.39 Å². The van der Waals surface area contributed by atoms with Crippen molar-refractivity contribution in [2.75, 3.05) is 18.0 Å². The van der Waals surface area contributed by atoms with Gasteiger partial charge in [0.15, 0.2) is 5.82 Å². The minimum absolute atomic E-state index is 0.0578. The van der Waals surface area contributed by atoms with Gasteiger partial charge in [0.25, 0.3) is 0 Å². The van der Waals surface area contributed by atoms with Crippen LogP contribution in [0.5, 0.6) is 0 Å². The molecule has 27 heavy (non-hydrogen) atoms. The lowest BCUT2D eigenvalue weighted by molar-refractivity contribution is -0.121. The molecule has 3 rings (SSSR count). The zero-order chi connectivity index (χ0) is 19.6. The summed E-state index contributed by atoms with van der Waals surface area (Å²) in [5.41, 5.74) is 2.07. The van der Waals surface area contributed by atoms with Crippen LogP contribution in [0, 0.1) is 12.7 Å². The number of amides is 1. The van der Waals surface area contributed by atoms with Gasteiger partial charge in [0.1, 0.15) is 5.82 Å². The summed E-state index contributed by atoms with van der Waals surface area (Å²) in [5, 5.41) is 21.2. The molecule has 2 heterocycles. The summed E-state index contributed by atoms with van der Waals surface area (Å²) < 4.78 is 14.2. The Kier molecular flexibility index (Phi) is 5.70. The van der Waals surface area contributed by atoms with Gasteiger partial charge < -0.3 is 15.3 Å². The smallest absolute Gasteiger partial charge is 0.224 e. The van der Waals surface area contributed by atoms with Crippen LogP contribution in [0.3, 0.4) is 0 Å². The van der Waals surface area contributed by atoms with Crippen molar-refractivity contribution in [2.45, 2.75) is 45.3 Å². The van der Waals surface area contributed by atoms with Gasteiger partial charge in [-0.1, -0.05) is 26.0 Å². The molecule has 7 heteroatoms. The Morgan fingerprint density at radius 2 is 2.07 bits per heavy atom. The summed E-state index contributed by atoms with van der Waals surface area (Å²) in [6.45, 7) is 6.63. The van der Waals surface area contributed by atoms with Crippen LogP contribution in [-0.2, 0) is 11.2 Å². The molecule has 2 aromatic rings. The second-order valence-electron chi connectivity index (χ2n) is 7.36. The van der Waals surface area contributed by atoms with E-state index in [0.29, 0.717) is 24.5 Å². The number of benzene rings is 1. The van der Waals surface area contributed by atoms with Crippen LogP contribution in [0.2, 0.25) is 0 Å². The second-order valence-corrected chi connectivity index (χ2v) is 7.36. The first-order valence-corrected chi connectivity index (χ1v) is 9.14. The summed E-state index contributed by atoms with van der Waals surface area (Å²) >= 11 is 0. The lowest BCUT2D eigenvalue weighted by Crippen LogP contribution is -2.43. The minimum Gasteiger partial charge on any atom is -0.389 e. The molecule has 1 aliphatic rings. The topological polar surface area (TPSA) is 78.4 Å². The van der Waals surface area contributed by atoms with Crippen LogP contribution < -0.4 is 10.2 Å². The number of halogens is 1. The average Bonchev–Trinajstić information content (AvgIpc) is 2.97. The molecule has 1 aromatic carbocycles. The Hall–Kier alpha value is -2.54. The van der Waals surface area contributed by atoms with E-state index in [1.807, 2.05) is 43.9 Å². The van der Waals surface area contributed by atoms with Crippen molar-refractivity contribution in [1.82, 2.24) is 15.5 Å². The maximum atomic E-state index is 14.2. The fourth-order valence-electron chi connectivity index (χ4n) is 3.17. The Labute approximate surface area is 158 Å². The van der Waals surface area contributed by atoms with Gasteiger partial charge in [-0.3, -0.25) is 4.79 Å². The van der Waals surface area contributed by atoms with E-state index in [-0.39, 0.29) is 24.1 Å². The van der Waals surface area contributed by atoms with Crippen LogP contribution in [0.4, 0.5) is 10.2 Å². The molecule has 0 saturated carbocycles. The number of hydrogen-bond donors (Lipinski definition) is 2. The quantitative estimate of drug-likeness (QED) is 0.839. The number of carbonyl (C=O) groups excluding carboxylic acids is 1. The third-order valence-corrected chi connectivity index (χ3v) is 4.84. The van der Waals surface area contributed by atoms with Crippen LogP contribution in [0.15, 0.2) is 30.3 Å². The van der Waals surface area contributed by atoms with E-state index in [1.165, 1.54) is 6.07 Å². The molecule has 2 atom stereocenters. The maximum absolute atomic E-state index is 14.2. The average molecular weight is 372 g/mol. The molecular weight excluding hydrogens is 347 g/mol. The Morgan fingerprint density at radius 3 is 2.70 bits per heavy atom. The van der Waals surface area contributed by atoms with Crippen molar-refractivity contribution in [3.05, 3.63) is 53.0 Å². The van der Waals surface area contributed by atoms with Gasteiger partial charge in [-0.2, -0.15) is 5.10 Å². The van der Waals surface area contributed by atoms with Crippen molar-refractivity contribution >= 4 is 11.7 Å². The predicted molar refractivity (Wildman–Crippen MR) is 101 cm³/mol. The Bertz CT molecular complexity index is 810. The molecule has 1 amide bonds. The normalized spacial score (nSPS) is 19.6. The van der Waals surface area contributed by atoms with Crippen LogP contribution in [-0.4, -0.2) is 46.4 Å². The van der Waals surface area contributed by atoms with Gasteiger partial charge in [-0.15, -0.1) is 5.10 Å². The van der Waals surface area contributed by atoms with Gasteiger partial charge in [0.2, 0.25) is 5.91 Å². The molecule has 1 fully saturated rings. The third kappa shape index (κ3) is 4.60. The van der Waals surface area contributed by atoms with Gasteiger partial charge in [0.05, 0.1) is 24.3 Å². The van der Waals surface area contributed by atoms with Crippen molar-refractivity contribution in [1.29, 1.82) is 0 Å². The molecule has 144 valence electrons. The lowest BCUT2D eigenvalue weighted by Gasteiger charge is -2.17. The van der Waals surface area contributed by atoms with E-state index in [0.717, 1.165) is 11.3 Å². The van der Waals surface area contributed by atoms with E-state index in [4.69, 9.17) is 0 Å². The highest BCUT2D eigenvalue weighted by molar-refractivity contribution is 5.79. The summed E-state index contributed by atoms with van der Waals surface area (Å²) in [6.07, 6.45) is -0.775. The first kappa shape index (κ1) is 19.2. The molecule has 2 N–H and O–H groups in total. The van der Waals surface area contributed by atoms with E-state index in [2.05, 4.69) is 15.5 Å². The molecule has 1 aromatic heterocycles. The number of carbonyl (C=O) groups is 1. The number of rotatable bonds is 5. The fourth-order valence-corrected chi connectivity index (χ4v) is 3.17. The Balaban J connectivity index is 1.60. The standard InChI is InChI=1S/C20H25FN4O2/c1-12(2)14-5-6-15(16(21)8-14)9-20(27)22-17-10-25(11-18(17)26)19-7-4-13(3)23-24-19/h4-8,12,17-18,26H,9-11H2,1-3H3,(H,22,27)/t17-,18-/m1/s1. The summed E-state index contributed by atoms with van der Waals surface area (Å²) in [6, 6.07) is 8.24. The zero-order valence-electron chi connectivity index (χ0n) is 15.8. The van der Waals surface area contributed by atoms with E-state index < -0.39 is 12.1 Å². The highest BCUT2D eigenvalue weighted by Gasteiger charge is 2.33. The van der Waals surface area contributed by atoms with E-state index >= 15 is 0 Å². The lowest BCUT2D eigenvalue weighted by atomic mass is 10.00. The molecule has 0 unspecified atom stereocenters. The molecule has 0 bridgehead atoms. The number of hydrogen-bond acceptors (Lipinski definition) is 5. The summed E-state index contributed by atoms with van der Waals surface area (Å²) in [7, 11) is 0. The molecule has 0 radical (unpaired) electrons. The van der Waals surface area contributed by atoms with Crippen LogP contribution in [0.1, 0.15) is 36.6 Å². The maximum Gasteiger partial charge on any atom is 0.224 e. The third-order valence-electron chi connectivity index (χ3n) is 4.84. The van der Waals surface area contributed by atoms with Gasteiger partial charge in [-0.05, 0) is 42.2 Å². The van der Waals surface area contributed by atoms with Gasteiger partial charge >= 0.3 is 0 Å². The molecule has 0 aliphatic carbocycles. The molecular formula is C20H25FN4O2. The number of aliphatic hydroxyl groups excluding tert-OH is 1. The number of nitrogens with one attached hydrogen (secondary N) is 1. The number of anilines is 1. The minimum atomic E-state index is -0.717. The second kappa shape index (κ2) is 8.00. The van der Waals surface area contributed by atoms with E-state index in [1.54, 1.807) is 6.07 Å². The summed E-state index contributed by atoms with van der Waals surface area (Å²) in [5.74, 6) is 0.200. The highest BCUT2D eigenvalue weighted by atomic mass is 19.1. The SMILES string of the molecule is Cc1ccc(N2C[C@@H](O)[C@H](NC(=O)Cc3ccc(C(C)C)cc3F)C2)nn1. The molecule has 0 spiro atoms. The first-order valence-electron chi connectivity index (χ1n) is 9.14. The first-order chi connectivity index (χ1) is 12.8. The molecule has 6 nitrogen and oxygen atoms in total. The molecule has 1 saturated heterocycles. The number of β-amino-alcohol motifs (C(OH)–C–C–N with tert-alkyl or cyclic N) is 1. The van der Waals surface area contributed by atoms with Crippen molar-refractivity contribution in [3.8, 4) is 0 Å². The highest BCUT2D eigenvalue weighted by Crippen LogP contribution is 2.20. The largest absolute Gasteiger partial charge is 0.389 e. The van der Waals surface area contributed by atoms with Crippen LogP contribution in [0.25, 0.3) is 0 Å². The van der Waals surface area contributed by atoms with E-state index in [9.17, 15) is 14.3 Å². The summed E-state index contributed by atoms with van der Waals surface area (Å²) in [4.78, 5) is 14.2. The van der Waals surface area contributed by atoms with Crippen LogP contribution >= 0.6 is 0 Å². The molecule has 1 aliphatic heterocycles. The van der Waals surface area contributed by atoms with Crippen molar-refractivity contribution in [3.63, 3.8) is 0 Å². The number of nitrogens with zero attached hydrogens (tertiary/aromatic N) is 3. The number of aliphatic hydroxyl groups is 1. The number of aromatic nitrogens is 2. The monoisotopic (exact) mass is 372 g/mol. The zero-order valence-corrected chi connectivity index (χ0v) is 15.8. The predicted octanol–water partition coefficient (Wildman–Crippen LogP) is 1.96. The van der Waals surface area contributed by atoms with Crippen molar-refractivity contribution < 1.29 is 14.3 Å². The Morgan fingerprint density at radius 1 is 1.30 bits per heavy atom. The number of aryl methyl sites for hydroxylation is 1.